The van der Waals surface area contributed by atoms with Gasteiger partial charge in [0.25, 0.3) is 0 Å². The van der Waals surface area contributed by atoms with Gasteiger partial charge in [-0.15, -0.1) is 0 Å². The zero-order valence-electron chi connectivity index (χ0n) is 14.9. The Bertz CT molecular complexity index is 659. The van der Waals surface area contributed by atoms with Crippen molar-refractivity contribution in [2.45, 2.75) is 38.7 Å². The highest BCUT2D eigenvalue weighted by molar-refractivity contribution is 5.76. The number of nitrogens with zero attached hydrogens (tertiary/aromatic N) is 3. The van der Waals surface area contributed by atoms with Gasteiger partial charge in [0.1, 0.15) is 5.82 Å². The van der Waals surface area contributed by atoms with Gasteiger partial charge in [0.15, 0.2) is 0 Å². The van der Waals surface area contributed by atoms with E-state index in [1.165, 1.54) is 0 Å². The number of aromatic amines is 1. The van der Waals surface area contributed by atoms with E-state index in [0.717, 1.165) is 62.3 Å². The molecule has 3 rings (SSSR count). The van der Waals surface area contributed by atoms with Gasteiger partial charge in [-0.3, -0.25) is 9.69 Å². The lowest BCUT2D eigenvalue weighted by Crippen LogP contribution is -2.50. The number of carbonyl (C=O) groups is 1. The van der Waals surface area contributed by atoms with E-state index < -0.39 is 0 Å². The molecule has 25 heavy (non-hydrogen) atoms. The summed E-state index contributed by atoms with van der Waals surface area (Å²) in [5, 5.41) is 9.73. The van der Waals surface area contributed by atoms with Crippen molar-refractivity contribution < 1.29 is 9.90 Å². The average molecular weight is 344 g/mol. The number of aromatic nitrogens is 2. The number of benzene rings is 1. The molecule has 2 heterocycles. The van der Waals surface area contributed by atoms with Gasteiger partial charge in [-0.25, -0.2) is 4.98 Å². The monoisotopic (exact) mass is 344 g/mol. The Hall–Kier alpha value is -1.92. The van der Waals surface area contributed by atoms with Crippen molar-refractivity contribution in [1.29, 1.82) is 0 Å². The number of piperazine rings is 1. The third-order valence-electron chi connectivity index (χ3n) is 4.91. The van der Waals surface area contributed by atoms with Crippen LogP contribution in [0.2, 0.25) is 0 Å². The van der Waals surface area contributed by atoms with E-state index in [0.29, 0.717) is 13.0 Å². The zero-order valence-corrected chi connectivity index (χ0v) is 14.9. The molecule has 1 fully saturated rings. The maximum atomic E-state index is 12.4. The molecule has 1 aliphatic heterocycles. The SMILES string of the molecule is CC[C@H](O)CN1CCN(C(=O)CCCc2nc3ccccc3[nH]2)CC1. The number of aryl methyl sites for hydroxylation is 1. The molecule has 0 bridgehead atoms. The lowest BCUT2D eigenvalue weighted by molar-refractivity contribution is -0.133. The number of nitrogens with one attached hydrogen (secondary N) is 1. The van der Waals surface area contributed by atoms with Crippen LogP contribution in [0.1, 0.15) is 32.0 Å². The van der Waals surface area contributed by atoms with Crippen LogP contribution >= 0.6 is 0 Å². The van der Waals surface area contributed by atoms with Crippen LogP contribution in [0, 0.1) is 0 Å². The van der Waals surface area contributed by atoms with Crippen LogP contribution in [0.4, 0.5) is 0 Å². The molecule has 0 unspecified atom stereocenters. The molecule has 1 aliphatic rings. The molecule has 136 valence electrons. The molecule has 1 aromatic heterocycles. The van der Waals surface area contributed by atoms with Gasteiger partial charge in [0, 0.05) is 45.6 Å². The molecular weight excluding hydrogens is 316 g/mol. The number of amides is 1. The van der Waals surface area contributed by atoms with Crippen molar-refractivity contribution >= 4 is 16.9 Å². The van der Waals surface area contributed by atoms with Gasteiger partial charge in [-0.1, -0.05) is 19.1 Å². The maximum absolute atomic E-state index is 12.4. The molecule has 1 saturated heterocycles. The van der Waals surface area contributed by atoms with Crippen molar-refractivity contribution in [2.75, 3.05) is 32.7 Å². The lowest BCUT2D eigenvalue weighted by atomic mass is 10.2. The molecular formula is C19H28N4O2. The Morgan fingerprint density at radius 2 is 2.04 bits per heavy atom. The molecule has 6 nitrogen and oxygen atoms in total. The maximum Gasteiger partial charge on any atom is 0.222 e. The van der Waals surface area contributed by atoms with Crippen LogP contribution in [0.15, 0.2) is 24.3 Å². The molecule has 1 aromatic carbocycles. The molecule has 2 N–H and O–H groups in total. The number of hydrogen-bond acceptors (Lipinski definition) is 4. The number of hydrogen-bond donors (Lipinski definition) is 2. The Morgan fingerprint density at radius 1 is 1.28 bits per heavy atom. The fourth-order valence-corrected chi connectivity index (χ4v) is 3.30. The smallest absolute Gasteiger partial charge is 0.222 e. The van der Waals surface area contributed by atoms with E-state index >= 15 is 0 Å². The second-order valence-electron chi connectivity index (χ2n) is 6.80. The summed E-state index contributed by atoms with van der Waals surface area (Å²) < 4.78 is 0. The van der Waals surface area contributed by atoms with Gasteiger partial charge >= 0.3 is 0 Å². The van der Waals surface area contributed by atoms with Gasteiger partial charge < -0.3 is 15.0 Å². The molecule has 0 radical (unpaired) electrons. The molecule has 0 aliphatic carbocycles. The first-order valence-corrected chi connectivity index (χ1v) is 9.27. The first-order valence-electron chi connectivity index (χ1n) is 9.27. The molecule has 2 aromatic rings. The number of H-pyrrole nitrogens is 1. The standard InChI is InChI=1S/C19H28N4O2/c1-2-15(24)14-22-10-12-23(13-11-22)19(25)9-5-8-18-20-16-6-3-4-7-17(16)21-18/h3-4,6-7,15,24H,2,5,8-14H2,1H3,(H,20,21)/t15-/m0/s1. The third-order valence-corrected chi connectivity index (χ3v) is 4.91. The summed E-state index contributed by atoms with van der Waals surface area (Å²) in [4.78, 5) is 24.4. The summed E-state index contributed by atoms with van der Waals surface area (Å²) in [6.45, 7) is 5.94. The summed E-state index contributed by atoms with van der Waals surface area (Å²) in [6, 6.07) is 7.99. The Labute approximate surface area is 148 Å². The summed E-state index contributed by atoms with van der Waals surface area (Å²) >= 11 is 0. The summed E-state index contributed by atoms with van der Waals surface area (Å²) in [6.07, 6.45) is 2.69. The van der Waals surface area contributed by atoms with Gasteiger partial charge in [0.2, 0.25) is 5.91 Å². The van der Waals surface area contributed by atoms with Crippen LogP contribution in [0.5, 0.6) is 0 Å². The highest BCUT2D eigenvalue weighted by Gasteiger charge is 2.21. The van der Waals surface area contributed by atoms with Crippen molar-refractivity contribution in [3.8, 4) is 0 Å². The van der Waals surface area contributed by atoms with Crippen molar-refractivity contribution in [3.05, 3.63) is 30.1 Å². The van der Waals surface area contributed by atoms with Crippen molar-refractivity contribution in [2.24, 2.45) is 0 Å². The Kier molecular flexibility index (Phi) is 6.04. The molecule has 1 amide bonds. The second kappa shape index (κ2) is 8.45. The summed E-state index contributed by atoms with van der Waals surface area (Å²) in [7, 11) is 0. The number of β-amino-alcohol motifs (C(OH)–C–C–N with tert-alkyl or cyclic N) is 1. The third kappa shape index (κ3) is 4.80. The number of carbonyl (C=O) groups excluding carboxylic acids is 1. The quantitative estimate of drug-likeness (QED) is 0.803. The van der Waals surface area contributed by atoms with E-state index in [2.05, 4.69) is 14.9 Å². The first-order chi connectivity index (χ1) is 12.2. The number of para-hydroxylation sites is 2. The van der Waals surface area contributed by atoms with Gasteiger partial charge in [0.05, 0.1) is 17.1 Å². The van der Waals surface area contributed by atoms with Crippen LogP contribution in [-0.2, 0) is 11.2 Å². The number of aliphatic hydroxyl groups is 1. The lowest BCUT2D eigenvalue weighted by Gasteiger charge is -2.35. The largest absolute Gasteiger partial charge is 0.392 e. The minimum Gasteiger partial charge on any atom is -0.392 e. The summed E-state index contributed by atoms with van der Waals surface area (Å²) in [5.74, 6) is 1.18. The van der Waals surface area contributed by atoms with E-state index in [9.17, 15) is 9.90 Å². The number of aliphatic hydroxyl groups excluding tert-OH is 1. The first kappa shape index (κ1) is 17.9. The fraction of sp³-hybridized carbons (Fsp3) is 0.579. The highest BCUT2D eigenvalue weighted by Crippen LogP contribution is 2.13. The average Bonchev–Trinajstić information content (AvgIpc) is 3.05. The minimum atomic E-state index is -0.258. The Balaban J connectivity index is 1.39. The number of fused-ring (bicyclic) bond motifs is 1. The van der Waals surface area contributed by atoms with Crippen LogP contribution in [-0.4, -0.2) is 69.6 Å². The molecule has 0 saturated carbocycles. The van der Waals surface area contributed by atoms with Crippen LogP contribution in [0.3, 0.4) is 0 Å². The van der Waals surface area contributed by atoms with Crippen LogP contribution < -0.4 is 0 Å². The predicted octanol–water partition coefficient (Wildman–Crippen LogP) is 1.80. The van der Waals surface area contributed by atoms with Crippen molar-refractivity contribution in [3.63, 3.8) is 0 Å². The van der Waals surface area contributed by atoms with E-state index in [1.54, 1.807) is 0 Å². The highest BCUT2D eigenvalue weighted by atomic mass is 16.3. The zero-order chi connectivity index (χ0) is 17.6. The number of rotatable bonds is 7. The molecule has 6 heteroatoms. The van der Waals surface area contributed by atoms with E-state index in [1.807, 2.05) is 36.1 Å². The second-order valence-corrected chi connectivity index (χ2v) is 6.80. The van der Waals surface area contributed by atoms with Gasteiger partial charge in [-0.2, -0.15) is 0 Å². The van der Waals surface area contributed by atoms with E-state index in [-0.39, 0.29) is 12.0 Å². The van der Waals surface area contributed by atoms with Crippen LogP contribution in [0.25, 0.3) is 11.0 Å². The number of imidazole rings is 1. The minimum absolute atomic E-state index is 0.229. The summed E-state index contributed by atoms with van der Waals surface area (Å²) in [5.41, 5.74) is 2.03. The van der Waals surface area contributed by atoms with Gasteiger partial charge in [-0.05, 0) is 25.0 Å². The normalized spacial score (nSPS) is 17.1. The topological polar surface area (TPSA) is 72.5 Å². The fourth-order valence-electron chi connectivity index (χ4n) is 3.30. The molecule has 1 atom stereocenters. The van der Waals surface area contributed by atoms with Crippen molar-refractivity contribution in [1.82, 2.24) is 19.8 Å². The Morgan fingerprint density at radius 3 is 2.76 bits per heavy atom. The predicted molar refractivity (Wildman–Crippen MR) is 98.3 cm³/mol. The molecule has 0 spiro atoms. The van der Waals surface area contributed by atoms with E-state index in [4.69, 9.17) is 0 Å².